The van der Waals surface area contributed by atoms with E-state index >= 15 is 0 Å². The SMILES string of the molecule is O=C(CN1CCCCC1)N/N=C\c1ccc(OCc2ccc(Cl)cc2)cc1. The van der Waals surface area contributed by atoms with Crippen LogP contribution < -0.4 is 10.2 Å². The molecule has 6 heteroatoms. The Kier molecular flexibility index (Phi) is 7.25. The average molecular weight is 386 g/mol. The van der Waals surface area contributed by atoms with Gasteiger partial charge in [-0.15, -0.1) is 0 Å². The van der Waals surface area contributed by atoms with Crippen LogP contribution >= 0.6 is 11.6 Å². The zero-order valence-corrected chi connectivity index (χ0v) is 16.0. The van der Waals surface area contributed by atoms with Gasteiger partial charge in [0.05, 0.1) is 12.8 Å². The monoisotopic (exact) mass is 385 g/mol. The number of hydrogen-bond acceptors (Lipinski definition) is 4. The van der Waals surface area contributed by atoms with E-state index in [0.717, 1.165) is 30.0 Å². The van der Waals surface area contributed by atoms with Crippen LogP contribution in [0.5, 0.6) is 5.75 Å². The van der Waals surface area contributed by atoms with Crippen LogP contribution in [0.25, 0.3) is 0 Å². The second kappa shape index (κ2) is 10.1. The van der Waals surface area contributed by atoms with Crippen molar-refractivity contribution in [1.82, 2.24) is 10.3 Å². The maximum absolute atomic E-state index is 11.9. The topological polar surface area (TPSA) is 53.9 Å². The molecule has 2 aromatic carbocycles. The number of ether oxygens (including phenoxy) is 1. The van der Waals surface area contributed by atoms with E-state index < -0.39 is 0 Å². The molecule has 1 heterocycles. The minimum absolute atomic E-state index is 0.0731. The van der Waals surface area contributed by atoms with E-state index in [4.69, 9.17) is 16.3 Å². The molecule has 1 N–H and O–H groups in total. The quantitative estimate of drug-likeness (QED) is 0.581. The first-order valence-electron chi connectivity index (χ1n) is 9.20. The Morgan fingerprint density at radius 2 is 1.78 bits per heavy atom. The van der Waals surface area contributed by atoms with E-state index in [2.05, 4.69) is 15.4 Å². The number of rotatable bonds is 7. The van der Waals surface area contributed by atoms with Crippen LogP contribution in [0.2, 0.25) is 5.02 Å². The summed E-state index contributed by atoms with van der Waals surface area (Å²) in [5.41, 5.74) is 4.54. The van der Waals surface area contributed by atoms with Crippen LogP contribution in [0, 0.1) is 0 Å². The summed E-state index contributed by atoms with van der Waals surface area (Å²) in [6.45, 7) is 2.88. The maximum Gasteiger partial charge on any atom is 0.254 e. The second-order valence-corrected chi connectivity index (χ2v) is 7.05. The highest BCUT2D eigenvalue weighted by Crippen LogP contribution is 2.15. The van der Waals surface area contributed by atoms with Gasteiger partial charge >= 0.3 is 0 Å². The van der Waals surface area contributed by atoms with E-state index in [1.807, 2.05) is 48.5 Å². The number of likely N-dealkylation sites (tertiary alicyclic amines) is 1. The zero-order valence-electron chi connectivity index (χ0n) is 15.2. The Hall–Kier alpha value is -2.37. The molecule has 2 aromatic rings. The molecule has 1 aliphatic heterocycles. The Balaban J connectivity index is 1.42. The average Bonchev–Trinajstić information content (AvgIpc) is 2.69. The molecule has 0 aliphatic carbocycles. The number of nitrogens with zero attached hydrogens (tertiary/aromatic N) is 2. The Labute approximate surface area is 165 Å². The van der Waals surface area contributed by atoms with Crippen LogP contribution in [0.15, 0.2) is 53.6 Å². The van der Waals surface area contributed by atoms with Crippen LogP contribution in [-0.4, -0.2) is 36.7 Å². The summed E-state index contributed by atoms with van der Waals surface area (Å²) in [5.74, 6) is 0.701. The van der Waals surface area contributed by atoms with Gasteiger partial charge in [0.15, 0.2) is 0 Å². The molecule has 1 saturated heterocycles. The van der Waals surface area contributed by atoms with Gasteiger partial charge in [-0.25, -0.2) is 5.43 Å². The number of hydrogen-bond donors (Lipinski definition) is 1. The van der Waals surface area contributed by atoms with Gasteiger partial charge in [0.25, 0.3) is 5.91 Å². The second-order valence-electron chi connectivity index (χ2n) is 6.61. The van der Waals surface area contributed by atoms with Crippen molar-refractivity contribution in [3.8, 4) is 5.75 Å². The summed E-state index contributed by atoms with van der Waals surface area (Å²) >= 11 is 5.87. The van der Waals surface area contributed by atoms with Gasteiger partial charge in [0.1, 0.15) is 12.4 Å². The van der Waals surface area contributed by atoms with E-state index in [1.165, 1.54) is 19.3 Å². The van der Waals surface area contributed by atoms with Crippen LogP contribution in [0.4, 0.5) is 0 Å². The van der Waals surface area contributed by atoms with Gasteiger partial charge in [-0.2, -0.15) is 5.10 Å². The molecule has 27 heavy (non-hydrogen) atoms. The van der Waals surface area contributed by atoms with Crippen molar-refractivity contribution < 1.29 is 9.53 Å². The van der Waals surface area contributed by atoms with Crippen LogP contribution in [0.3, 0.4) is 0 Å². The highest BCUT2D eigenvalue weighted by atomic mass is 35.5. The molecule has 0 aromatic heterocycles. The maximum atomic E-state index is 11.9. The van der Waals surface area contributed by atoms with Crippen molar-refractivity contribution in [1.29, 1.82) is 0 Å². The lowest BCUT2D eigenvalue weighted by atomic mass is 10.1. The molecule has 0 atom stereocenters. The molecule has 0 bridgehead atoms. The molecule has 0 saturated carbocycles. The molecule has 5 nitrogen and oxygen atoms in total. The van der Waals surface area contributed by atoms with Crippen molar-refractivity contribution in [2.45, 2.75) is 25.9 Å². The summed E-state index contributed by atoms with van der Waals surface area (Å²) in [7, 11) is 0. The summed E-state index contributed by atoms with van der Waals surface area (Å²) in [6.07, 6.45) is 5.23. The Bertz CT molecular complexity index is 754. The summed E-state index contributed by atoms with van der Waals surface area (Å²) < 4.78 is 5.75. The summed E-state index contributed by atoms with van der Waals surface area (Å²) in [4.78, 5) is 14.1. The van der Waals surface area contributed by atoms with E-state index in [0.29, 0.717) is 18.2 Å². The predicted octanol–water partition coefficient (Wildman–Crippen LogP) is 3.86. The number of piperidine rings is 1. The number of hydrazone groups is 1. The standard InChI is InChI=1S/C21H24ClN3O2/c22-19-8-4-18(5-9-19)16-27-20-10-6-17(7-11-20)14-23-24-21(26)15-25-12-2-1-3-13-25/h4-11,14H,1-3,12-13,15-16H2,(H,24,26)/b23-14-. The number of carbonyl (C=O) groups is 1. The fourth-order valence-corrected chi connectivity index (χ4v) is 3.06. The fourth-order valence-electron chi connectivity index (χ4n) is 2.93. The third-order valence-electron chi connectivity index (χ3n) is 4.42. The van der Waals surface area contributed by atoms with Gasteiger partial charge < -0.3 is 4.74 Å². The van der Waals surface area contributed by atoms with Crippen LogP contribution in [0.1, 0.15) is 30.4 Å². The van der Waals surface area contributed by atoms with Crippen molar-refractivity contribution in [2.75, 3.05) is 19.6 Å². The molecule has 0 unspecified atom stereocenters. The third kappa shape index (κ3) is 6.70. The first-order chi connectivity index (χ1) is 13.2. The predicted molar refractivity (Wildman–Crippen MR) is 108 cm³/mol. The van der Waals surface area contributed by atoms with Crippen molar-refractivity contribution in [3.05, 3.63) is 64.7 Å². The number of benzene rings is 2. The fraction of sp³-hybridized carbons (Fsp3) is 0.333. The number of halogens is 1. The summed E-state index contributed by atoms with van der Waals surface area (Å²) in [6, 6.07) is 15.1. The van der Waals surface area contributed by atoms with Gasteiger partial charge in [0, 0.05) is 5.02 Å². The van der Waals surface area contributed by atoms with Gasteiger partial charge in [0.2, 0.25) is 0 Å². The van der Waals surface area contributed by atoms with Crippen molar-refractivity contribution in [3.63, 3.8) is 0 Å². The lowest BCUT2D eigenvalue weighted by Crippen LogP contribution is -2.38. The highest BCUT2D eigenvalue weighted by Gasteiger charge is 2.13. The lowest BCUT2D eigenvalue weighted by molar-refractivity contribution is -0.122. The Morgan fingerprint density at radius 3 is 2.48 bits per heavy atom. The molecule has 3 rings (SSSR count). The molecule has 0 spiro atoms. The van der Waals surface area contributed by atoms with E-state index in [-0.39, 0.29) is 5.91 Å². The number of carbonyl (C=O) groups excluding carboxylic acids is 1. The van der Waals surface area contributed by atoms with Crippen LogP contribution in [-0.2, 0) is 11.4 Å². The molecular formula is C21H24ClN3O2. The molecule has 1 amide bonds. The molecular weight excluding hydrogens is 362 g/mol. The first-order valence-corrected chi connectivity index (χ1v) is 9.58. The molecule has 1 aliphatic rings. The molecule has 142 valence electrons. The molecule has 0 radical (unpaired) electrons. The van der Waals surface area contributed by atoms with Gasteiger partial charge in [-0.3, -0.25) is 9.69 Å². The largest absolute Gasteiger partial charge is 0.489 e. The smallest absolute Gasteiger partial charge is 0.254 e. The van der Waals surface area contributed by atoms with Crippen molar-refractivity contribution >= 4 is 23.7 Å². The summed E-state index contributed by atoms with van der Waals surface area (Å²) in [5, 5.41) is 4.75. The highest BCUT2D eigenvalue weighted by molar-refractivity contribution is 6.30. The van der Waals surface area contributed by atoms with Crippen molar-refractivity contribution in [2.24, 2.45) is 5.10 Å². The van der Waals surface area contributed by atoms with Gasteiger partial charge in [-0.1, -0.05) is 30.2 Å². The third-order valence-corrected chi connectivity index (χ3v) is 4.67. The lowest BCUT2D eigenvalue weighted by Gasteiger charge is -2.25. The minimum Gasteiger partial charge on any atom is -0.489 e. The minimum atomic E-state index is -0.0731. The molecule has 1 fully saturated rings. The normalized spacial score (nSPS) is 15.0. The van der Waals surface area contributed by atoms with E-state index in [9.17, 15) is 4.79 Å². The zero-order chi connectivity index (χ0) is 18.9. The number of nitrogens with one attached hydrogen (secondary N) is 1. The van der Waals surface area contributed by atoms with Gasteiger partial charge in [-0.05, 0) is 73.5 Å². The Morgan fingerprint density at radius 1 is 1.07 bits per heavy atom. The first kappa shape index (κ1) is 19.4. The van der Waals surface area contributed by atoms with E-state index in [1.54, 1.807) is 6.21 Å². The number of amides is 1.